The molecule has 4 unspecified atom stereocenters. The number of ether oxygens (including phenoxy) is 2. The van der Waals surface area contributed by atoms with Crippen molar-refractivity contribution in [1.29, 1.82) is 0 Å². The Hall–Kier alpha value is -1.15. The Morgan fingerprint density at radius 3 is 2.46 bits per heavy atom. The number of esters is 2. The molecule has 5 nitrogen and oxygen atoms in total. The maximum atomic E-state index is 12.3. The summed E-state index contributed by atoms with van der Waals surface area (Å²) >= 11 is 2.15. The first kappa shape index (κ1) is 19.2. The number of piperidine rings is 1. The number of hydrogen-bond acceptors (Lipinski definition) is 5. The molecule has 0 N–H and O–H groups in total. The molecule has 6 heteroatoms. The van der Waals surface area contributed by atoms with E-state index in [0.717, 1.165) is 12.8 Å². The molecule has 4 atom stereocenters. The largest absolute Gasteiger partial charge is 0.469 e. The Morgan fingerprint density at radius 1 is 1.17 bits per heavy atom. The van der Waals surface area contributed by atoms with E-state index in [1.165, 1.54) is 7.11 Å². The summed E-state index contributed by atoms with van der Waals surface area (Å²) < 4.78 is 10.6. The quantitative estimate of drug-likeness (QED) is 0.407. The fourth-order valence-electron chi connectivity index (χ4n) is 3.77. The Labute approximate surface area is 156 Å². The van der Waals surface area contributed by atoms with Gasteiger partial charge in [0.15, 0.2) is 0 Å². The van der Waals surface area contributed by atoms with Crippen LogP contribution in [0.2, 0.25) is 0 Å². The van der Waals surface area contributed by atoms with Gasteiger partial charge in [-0.2, -0.15) is 0 Å². The molecule has 0 aromatic heterocycles. The van der Waals surface area contributed by atoms with Gasteiger partial charge in [0, 0.05) is 18.5 Å². The zero-order chi connectivity index (χ0) is 17.7. The van der Waals surface area contributed by atoms with Crippen molar-refractivity contribution in [3.63, 3.8) is 0 Å². The van der Waals surface area contributed by atoms with Gasteiger partial charge in [0.2, 0.25) is 0 Å². The van der Waals surface area contributed by atoms with Crippen molar-refractivity contribution in [3.8, 4) is 0 Å². The number of carbonyl (C=O) groups excluding carboxylic acids is 2. The molecule has 2 bridgehead atoms. The van der Waals surface area contributed by atoms with Crippen molar-refractivity contribution in [2.75, 3.05) is 19.1 Å². The molecular weight excluding hydrogens is 421 g/mol. The van der Waals surface area contributed by atoms with Crippen molar-refractivity contribution in [1.82, 2.24) is 4.90 Å². The summed E-state index contributed by atoms with van der Waals surface area (Å²) in [6, 6.07) is 9.36. The molecule has 2 aliphatic rings. The normalized spacial score (nSPS) is 28.5. The molecule has 0 amide bonds. The summed E-state index contributed by atoms with van der Waals surface area (Å²) in [6.45, 7) is 0. The molecule has 2 aliphatic heterocycles. The third-order valence-electron chi connectivity index (χ3n) is 4.96. The molecule has 1 aromatic carbocycles. The van der Waals surface area contributed by atoms with Gasteiger partial charge < -0.3 is 9.47 Å². The number of alkyl halides is 1. The number of carbonyl (C=O) groups is 2. The molecule has 0 spiro atoms. The highest BCUT2D eigenvalue weighted by molar-refractivity contribution is 14.1. The van der Waals surface area contributed by atoms with Crippen molar-refractivity contribution >= 4 is 34.5 Å². The van der Waals surface area contributed by atoms with Crippen LogP contribution in [0.15, 0.2) is 30.3 Å². The minimum atomic E-state index is -0.408. The molecule has 0 aliphatic carbocycles. The van der Waals surface area contributed by atoms with Crippen LogP contribution in [-0.4, -0.2) is 54.1 Å². The number of halogens is 1. The van der Waals surface area contributed by atoms with Crippen LogP contribution in [0.5, 0.6) is 0 Å². The summed E-state index contributed by atoms with van der Waals surface area (Å²) in [5, 5.41) is 0. The van der Waals surface area contributed by atoms with Crippen LogP contribution in [0.3, 0.4) is 0 Å². The second kappa shape index (κ2) is 8.80. The van der Waals surface area contributed by atoms with Crippen molar-refractivity contribution in [2.24, 2.45) is 5.92 Å². The van der Waals surface area contributed by atoms with Crippen LogP contribution < -0.4 is 0 Å². The first-order chi connectivity index (χ1) is 11.6. The lowest BCUT2D eigenvalue weighted by Gasteiger charge is -2.40. The molecule has 0 saturated carbocycles. The molecule has 1 aromatic rings. The predicted molar refractivity (Wildman–Crippen MR) is 100 cm³/mol. The van der Waals surface area contributed by atoms with Crippen LogP contribution in [0.25, 0.3) is 0 Å². The van der Waals surface area contributed by atoms with Gasteiger partial charge in [0.05, 0.1) is 12.7 Å². The summed E-state index contributed by atoms with van der Waals surface area (Å²) in [5.74, 6) is -1.06. The van der Waals surface area contributed by atoms with Crippen LogP contribution in [0, 0.1) is 5.92 Å². The minimum Gasteiger partial charge on any atom is -0.469 e. The molecule has 2 fully saturated rings. The fraction of sp³-hybridized carbons (Fsp3) is 0.556. The average molecular weight is 445 g/mol. The van der Waals surface area contributed by atoms with Crippen LogP contribution in [-0.2, 0) is 14.3 Å². The number of benzene rings is 1. The highest BCUT2D eigenvalue weighted by Gasteiger charge is 2.50. The number of rotatable bonds is 3. The first-order valence-electron chi connectivity index (χ1n) is 8.05. The summed E-state index contributed by atoms with van der Waals surface area (Å²) in [4.78, 5) is 28.7. The van der Waals surface area contributed by atoms with E-state index in [1.807, 2.05) is 18.0 Å². The molecule has 2 saturated heterocycles. The van der Waals surface area contributed by atoms with E-state index in [1.54, 1.807) is 24.3 Å². The molecular formula is C18H24INO4. The number of nitrogens with zero attached hydrogens (tertiary/aromatic N) is 1. The maximum absolute atomic E-state index is 12.3. The van der Waals surface area contributed by atoms with Gasteiger partial charge in [-0.05, 0) is 37.0 Å². The molecule has 0 radical (unpaired) electrons. The van der Waals surface area contributed by atoms with Crippen molar-refractivity contribution < 1.29 is 19.1 Å². The second-order valence-electron chi connectivity index (χ2n) is 6.06. The SMILES string of the molecule is CI.COC(=O)C1C(OC(=O)c2ccccc2)CC2CCC1N2C. The van der Waals surface area contributed by atoms with E-state index in [-0.39, 0.29) is 18.0 Å². The predicted octanol–water partition coefficient (Wildman–Crippen LogP) is 2.92. The van der Waals surface area contributed by atoms with Gasteiger partial charge in [-0.25, -0.2) is 4.79 Å². The van der Waals surface area contributed by atoms with Gasteiger partial charge in [-0.3, -0.25) is 9.69 Å². The fourth-order valence-corrected chi connectivity index (χ4v) is 3.77. The maximum Gasteiger partial charge on any atom is 0.338 e. The highest BCUT2D eigenvalue weighted by Crippen LogP contribution is 2.40. The van der Waals surface area contributed by atoms with Gasteiger partial charge in [0.1, 0.15) is 12.0 Å². The lowest BCUT2D eigenvalue weighted by Crippen LogP contribution is -2.53. The molecule has 3 rings (SSSR count). The number of methoxy groups -OCH3 is 1. The van der Waals surface area contributed by atoms with Crippen LogP contribution in [0.1, 0.15) is 29.6 Å². The zero-order valence-corrected chi connectivity index (χ0v) is 16.4. The standard InChI is InChI=1S/C17H21NO4.CH3I/c1-18-12-8-9-13(18)15(17(20)21-2)14(10-12)22-16(19)11-6-4-3-5-7-11;1-2/h3-7,12-15H,8-10H2,1-2H3;1H3. The van der Waals surface area contributed by atoms with E-state index in [9.17, 15) is 9.59 Å². The Balaban J connectivity index is 0.00000100. The van der Waals surface area contributed by atoms with Gasteiger partial charge in [-0.1, -0.05) is 40.8 Å². The lowest BCUT2D eigenvalue weighted by atomic mass is 9.87. The zero-order valence-electron chi connectivity index (χ0n) is 14.3. The second-order valence-corrected chi connectivity index (χ2v) is 6.06. The Kier molecular flexibility index (Phi) is 7.03. The first-order valence-corrected chi connectivity index (χ1v) is 10.2. The molecule has 24 heavy (non-hydrogen) atoms. The van der Waals surface area contributed by atoms with E-state index < -0.39 is 12.0 Å². The summed E-state index contributed by atoms with van der Waals surface area (Å²) in [6.07, 6.45) is 2.26. The topological polar surface area (TPSA) is 55.8 Å². The number of hydrogen-bond donors (Lipinski definition) is 0. The van der Waals surface area contributed by atoms with Crippen LogP contribution in [0.4, 0.5) is 0 Å². The smallest absolute Gasteiger partial charge is 0.338 e. The monoisotopic (exact) mass is 445 g/mol. The average Bonchev–Trinajstić information content (AvgIpc) is 2.86. The summed E-state index contributed by atoms with van der Waals surface area (Å²) in [7, 11) is 3.42. The van der Waals surface area contributed by atoms with Crippen molar-refractivity contribution in [3.05, 3.63) is 35.9 Å². The molecule has 132 valence electrons. The third-order valence-corrected chi connectivity index (χ3v) is 4.96. The van der Waals surface area contributed by atoms with Gasteiger partial charge in [0.25, 0.3) is 0 Å². The molecule has 2 heterocycles. The van der Waals surface area contributed by atoms with Crippen LogP contribution >= 0.6 is 22.6 Å². The highest BCUT2D eigenvalue weighted by atomic mass is 127. The lowest BCUT2D eigenvalue weighted by molar-refractivity contribution is -0.156. The van der Waals surface area contributed by atoms with Gasteiger partial charge in [-0.15, -0.1) is 0 Å². The Bertz CT molecular complexity index is 565. The van der Waals surface area contributed by atoms with Gasteiger partial charge >= 0.3 is 11.9 Å². The minimum absolute atomic E-state index is 0.0970. The summed E-state index contributed by atoms with van der Waals surface area (Å²) in [5.41, 5.74) is 0.511. The van der Waals surface area contributed by atoms with Crippen molar-refractivity contribution in [2.45, 2.75) is 37.5 Å². The van der Waals surface area contributed by atoms with E-state index in [4.69, 9.17) is 9.47 Å². The number of fused-ring (bicyclic) bond motifs is 2. The van der Waals surface area contributed by atoms with E-state index >= 15 is 0 Å². The van der Waals surface area contributed by atoms with E-state index in [0.29, 0.717) is 18.0 Å². The third kappa shape index (κ3) is 3.91. The Morgan fingerprint density at radius 2 is 1.83 bits per heavy atom. The van der Waals surface area contributed by atoms with E-state index in [2.05, 4.69) is 27.5 Å².